The van der Waals surface area contributed by atoms with Crippen molar-refractivity contribution >= 4 is 5.97 Å². The molecule has 0 saturated heterocycles. The largest absolute Gasteiger partial charge is 0.507 e. The van der Waals surface area contributed by atoms with Crippen LogP contribution in [0.25, 0.3) is 0 Å². The van der Waals surface area contributed by atoms with E-state index in [0.29, 0.717) is 5.56 Å². The normalized spacial score (nSPS) is 13.2. The number of benzene rings is 1. The smallest absolute Gasteiger partial charge is 0.425 e. The molecular formula is C11H11F3O4. The summed E-state index contributed by atoms with van der Waals surface area (Å²) in [6.07, 6.45) is -6.79. The van der Waals surface area contributed by atoms with Crippen LogP contribution in [0.15, 0.2) is 12.1 Å². The van der Waals surface area contributed by atoms with Crippen molar-refractivity contribution in [3.05, 3.63) is 23.3 Å². The maximum atomic E-state index is 12.3. The monoisotopic (exact) mass is 264 g/mol. The lowest BCUT2D eigenvalue weighted by Crippen LogP contribution is -2.31. The molecule has 2 N–H and O–H groups in total. The standard InChI is InChI=1S/C11H11F3O4/c1-5-3-7(15)9(10(16)17)8(4-5)18-6(2)11(12,13)14/h3-4,6,15H,1-2H3,(H,16,17). The molecule has 0 heterocycles. The average molecular weight is 264 g/mol. The highest BCUT2D eigenvalue weighted by Crippen LogP contribution is 2.33. The van der Waals surface area contributed by atoms with E-state index in [1.54, 1.807) is 0 Å². The second-order valence-electron chi connectivity index (χ2n) is 3.76. The van der Waals surface area contributed by atoms with Crippen LogP contribution in [0, 0.1) is 6.92 Å². The van der Waals surface area contributed by atoms with E-state index >= 15 is 0 Å². The van der Waals surface area contributed by atoms with Gasteiger partial charge in [-0.1, -0.05) is 0 Å². The van der Waals surface area contributed by atoms with E-state index in [1.807, 2.05) is 0 Å². The molecule has 0 aromatic heterocycles. The third-order valence-electron chi connectivity index (χ3n) is 2.20. The summed E-state index contributed by atoms with van der Waals surface area (Å²) in [5, 5.41) is 18.2. The van der Waals surface area contributed by atoms with Crippen molar-refractivity contribution < 1.29 is 32.9 Å². The molecule has 18 heavy (non-hydrogen) atoms. The Bertz CT molecular complexity index is 468. The summed E-state index contributed by atoms with van der Waals surface area (Å²) in [5.74, 6) is -2.70. The molecule has 4 nitrogen and oxygen atoms in total. The molecule has 0 saturated carbocycles. The molecule has 0 spiro atoms. The molecule has 1 rings (SSSR count). The van der Waals surface area contributed by atoms with Gasteiger partial charge in [0.1, 0.15) is 17.1 Å². The first-order chi connectivity index (χ1) is 8.12. The molecule has 0 aliphatic carbocycles. The average Bonchev–Trinajstić information content (AvgIpc) is 2.13. The third-order valence-corrected chi connectivity index (χ3v) is 2.20. The van der Waals surface area contributed by atoms with E-state index in [4.69, 9.17) is 5.11 Å². The SMILES string of the molecule is Cc1cc(O)c(C(=O)O)c(OC(C)C(F)(F)F)c1. The molecule has 0 aliphatic rings. The lowest BCUT2D eigenvalue weighted by Gasteiger charge is -2.19. The quantitative estimate of drug-likeness (QED) is 0.880. The maximum absolute atomic E-state index is 12.3. The summed E-state index contributed by atoms with van der Waals surface area (Å²) in [4.78, 5) is 10.9. The fraction of sp³-hybridized carbons (Fsp3) is 0.364. The van der Waals surface area contributed by atoms with Crippen molar-refractivity contribution in [3.8, 4) is 11.5 Å². The van der Waals surface area contributed by atoms with Gasteiger partial charge in [0, 0.05) is 0 Å². The molecule has 1 aromatic carbocycles. The second-order valence-corrected chi connectivity index (χ2v) is 3.76. The van der Waals surface area contributed by atoms with E-state index in [9.17, 15) is 23.1 Å². The number of hydrogen-bond acceptors (Lipinski definition) is 3. The van der Waals surface area contributed by atoms with Gasteiger partial charge in [-0.05, 0) is 31.5 Å². The Morgan fingerprint density at radius 1 is 1.39 bits per heavy atom. The second kappa shape index (κ2) is 4.75. The number of rotatable bonds is 3. The van der Waals surface area contributed by atoms with Crippen LogP contribution in [-0.4, -0.2) is 28.5 Å². The highest BCUT2D eigenvalue weighted by Gasteiger charge is 2.39. The maximum Gasteiger partial charge on any atom is 0.425 e. The van der Waals surface area contributed by atoms with E-state index in [-0.39, 0.29) is 0 Å². The number of phenols is 1. The minimum Gasteiger partial charge on any atom is -0.507 e. The number of aromatic carboxylic acids is 1. The number of carboxylic acid groups (broad SMARTS) is 1. The van der Waals surface area contributed by atoms with E-state index in [1.165, 1.54) is 6.92 Å². The predicted octanol–water partition coefficient (Wildman–Crippen LogP) is 2.73. The number of alkyl halides is 3. The molecule has 7 heteroatoms. The Kier molecular flexibility index (Phi) is 3.73. The zero-order chi connectivity index (χ0) is 14.1. The highest BCUT2D eigenvalue weighted by molar-refractivity contribution is 5.94. The van der Waals surface area contributed by atoms with Crippen LogP contribution in [-0.2, 0) is 0 Å². The zero-order valence-electron chi connectivity index (χ0n) is 9.58. The van der Waals surface area contributed by atoms with Gasteiger partial charge in [0.25, 0.3) is 0 Å². The molecule has 0 aliphatic heterocycles. The van der Waals surface area contributed by atoms with Crippen molar-refractivity contribution in [2.45, 2.75) is 26.1 Å². The van der Waals surface area contributed by atoms with Crippen LogP contribution in [0.2, 0.25) is 0 Å². The van der Waals surface area contributed by atoms with Gasteiger partial charge in [-0.25, -0.2) is 4.79 Å². The first-order valence-electron chi connectivity index (χ1n) is 4.93. The van der Waals surface area contributed by atoms with Gasteiger partial charge < -0.3 is 14.9 Å². The summed E-state index contributed by atoms with van der Waals surface area (Å²) in [6.45, 7) is 2.25. The number of carbonyl (C=O) groups is 1. The predicted molar refractivity (Wildman–Crippen MR) is 55.9 cm³/mol. The number of hydrogen-bond donors (Lipinski definition) is 2. The Hall–Kier alpha value is -1.92. The summed E-state index contributed by atoms with van der Waals surface area (Å²) >= 11 is 0. The van der Waals surface area contributed by atoms with Crippen LogP contribution in [0.3, 0.4) is 0 Å². The van der Waals surface area contributed by atoms with E-state index in [0.717, 1.165) is 19.1 Å². The lowest BCUT2D eigenvalue weighted by atomic mass is 10.1. The van der Waals surface area contributed by atoms with Gasteiger partial charge in [0.15, 0.2) is 6.10 Å². The Labute approximate surface area is 101 Å². The first kappa shape index (κ1) is 14.1. The molecule has 0 fully saturated rings. The van der Waals surface area contributed by atoms with Gasteiger partial charge in [-0.15, -0.1) is 0 Å². The molecule has 0 radical (unpaired) electrons. The number of halogens is 3. The van der Waals surface area contributed by atoms with E-state index < -0.39 is 35.3 Å². The fourth-order valence-electron chi connectivity index (χ4n) is 1.30. The summed E-state index contributed by atoms with van der Waals surface area (Å²) in [6, 6.07) is 2.26. The molecule has 100 valence electrons. The van der Waals surface area contributed by atoms with Crippen molar-refractivity contribution in [1.82, 2.24) is 0 Å². The molecule has 1 aromatic rings. The van der Waals surface area contributed by atoms with Crippen molar-refractivity contribution in [2.24, 2.45) is 0 Å². The van der Waals surface area contributed by atoms with Crippen LogP contribution in [0.4, 0.5) is 13.2 Å². The third kappa shape index (κ3) is 3.06. The minimum atomic E-state index is -4.62. The Morgan fingerprint density at radius 3 is 2.39 bits per heavy atom. The van der Waals surface area contributed by atoms with Crippen LogP contribution >= 0.6 is 0 Å². The Morgan fingerprint density at radius 2 is 1.94 bits per heavy atom. The minimum absolute atomic E-state index is 0.391. The van der Waals surface area contributed by atoms with Gasteiger partial charge in [-0.3, -0.25) is 0 Å². The van der Waals surface area contributed by atoms with E-state index in [2.05, 4.69) is 4.74 Å². The van der Waals surface area contributed by atoms with Gasteiger partial charge in [-0.2, -0.15) is 13.2 Å². The molecule has 1 atom stereocenters. The summed E-state index contributed by atoms with van der Waals surface area (Å²) in [5.41, 5.74) is -0.293. The number of carboxylic acids is 1. The topological polar surface area (TPSA) is 66.8 Å². The lowest BCUT2D eigenvalue weighted by molar-refractivity contribution is -0.189. The van der Waals surface area contributed by atoms with Crippen molar-refractivity contribution in [2.75, 3.05) is 0 Å². The summed E-state index contributed by atoms with van der Waals surface area (Å²) in [7, 11) is 0. The zero-order valence-corrected chi connectivity index (χ0v) is 9.58. The molecule has 0 bridgehead atoms. The van der Waals surface area contributed by atoms with Crippen molar-refractivity contribution in [1.29, 1.82) is 0 Å². The van der Waals surface area contributed by atoms with Gasteiger partial charge >= 0.3 is 12.1 Å². The number of aryl methyl sites for hydroxylation is 1. The highest BCUT2D eigenvalue weighted by atomic mass is 19.4. The van der Waals surface area contributed by atoms with Crippen LogP contribution < -0.4 is 4.74 Å². The fourth-order valence-corrected chi connectivity index (χ4v) is 1.30. The van der Waals surface area contributed by atoms with Crippen LogP contribution in [0.1, 0.15) is 22.8 Å². The molecule has 0 amide bonds. The van der Waals surface area contributed by atoms with Gasteiger partial charge in [0.2, 0.25) is 0 Å². The van der Waals surface area contributed by atoms with Gasteiger partial charge in [0.05, 0.1) is 0 Å². The molecular weight excluding hydrogens is 253 g/mol. The van der Waals surface area contributed by atoms with Crippen LogP contribution in [0.5, 0.6) is 11.5 Å². The number of ether oxygens (including phenoxy) is 1. The van der Waals surface area contributed by atoms with Crippen molar-refractivity contribution in [3.63, 3.8) is 0 Å². The molecule has 1 unspecified atom stereocenters. The first-order valence-corrected chi connectivity index (χ1v) is 4.93. The summed E-state index contributed by atoms with van der Waals surface area (Å²) < 4.78 is 41.6. The Balaban J connectivity index is 3.19. The number of aromatic hydroxyl groups is 1.